The number of nitrogens with zero attached hydrogens (tertiary/aromatic N) is 2. The van der Waals surface area contributed by atoms with Gasteiger partial charge in [0.1, 0.15) is 18.8 Å². The van der Waals surface area contributed by atoms with E-state index in [0.29, 0.717) is 11.4 Å². The number of carbonyl (C=O) groups is 1. The topological polar surface area (TPSA) is 137 Å². The van der Waals surface area contributed by atoms with Gasteiger partial charge in [-0.15, -0.1) is 11.3 Å². The van der Waals surface area contributed by atoms with Crippen molar-refractivity contribution >= 4 is 45.4 Å². The summed E-state index contributed by atoms with van der Waals surface area (Å²) in [6.07, 6.45) is 2.64. The molecule has 31 heavy (non-hydrogen) atoms. The van der Waals surface area contributed by atoms with Crippen LogP contribution in [0.3, 0.4) is 0 Å². The lowest BCUT2D eigenvalue weighted by Crippen LogP contribution is -2.35. The van der Waals surface area contributed by atoms with Crippen molar-refractivity contribution in [2.45, 2.75) is 44.4 Å². The van der Waals surface area contributed by atoms with Crippen LogP contribution in [0.5, 0.6) is 0 Å². The van der Waals surface area contributed by atoms with Crippen LogP contribution in [0, 0.1) is 6.92 Å². The Balaban J connectivity index is 0.00000110. The first-order valence-corrected chi connectivity index (χ1v) is 12.1. The Morgan fingerprint density at radius 1 is 1.29 bits per heavy atom. The summed E-state index contributed by atoms with van der Waals surface area (Å²) in [5.74, 6) is 3.54. The van der Waals surface area contributed by atoms with E-state index >= 15 is 0 Å². The summed E-state index contributed by atoms with van der Waals surface area (Å²) >= 11 is 1.57. The van der Waals surface area contributed by atoms with E-state index in [1.807, 2.05) is 17.5 Å². The maximum atomic E-state index is 12.7. The van der Waals surface area contributed by atoms with E-state index < -0.39 is 10.7 Å². The summed E-state index contributed by atoms with van der Waals surface area (Å²) < 4.78 is 5.57. The smallest absolute Gasteiger partial charge is 0.275 e. The molecule has 0 saturated heterocycles. The highest BCUT2D eigenvalue weighted by molar-refractivity contribution is 8.16. The zero-order valence-corrected chi connectivity index (χ0v) is 19.9. The van der Waals surface area contributed by atoms with Crippen LogP contribution in [0.1, 0.15) is 32.4 Å². The molecule has 2 aromatic heterocycles. The van der Waals surface area contributed by atoms with Gasteiger partial charge in [0.2, 0.25) is 11.9 Å². The predicted octanol–water partition coefficient (Wildman–Crippen LogP) is 2.43. The van der Waals surface area contributed by atoms with Crippen LogP contribution in [0.2, 0.25) is 0 Å². The van der Waals surface area contributed by atoms with Crippen LogP contribution in [-0.2, 0) is 16.2 Å². The fraction of sp³-hybridized carbons (Fsp3) is 0.400. The number of rotatable bonds is 10. The molecule has 172 valence electrons. The number of aromatic nitrogens is 1. The van der Waals surface area contributed by atoms with Crippen molar-refractivity contribution in [3.8, 4) is 0 Å². The van der Waals surface area contributed by atoms with Crippen LogP contribution in [0.25, 0.3) is 0 Å². The highest BCUT2D eigenvalue weighted by atomic mass is 32.2. The number of pyridine rings is 1. The van der Waals surface area contributed by atoms with Crippen molar-refractivity contribution in [3.05, 3.63) is 45.7 Å². The van der Waals surface area contributed by atoms with Crippen molar-refractivity contribution in [1.82, 2.24) is 9.88 Å². The number of hydrogen-bond donors (Lipinski definition) is 4. The molecule has 2 aromatic rings. The Kier molecular flexibility index (Phi) is 12.1. The third-order valence-corrected chi connectivity index (χ3v) is 6.49. The number of hydrogen-bond acceptors (Lipinski definition) is 6. The molecule has 0 aliphatic carbocycles. The normalized spacial score (nSPS) is 10.9. The first-order chi connectivity index (χ1) is 14.8. The minimum absolute atomic E-state index is 0.105. The van der Waals surface area contributed by atoms with Gasteiger partial charge in [0.15, 0.2) is 0 Å². The fourth-order valence-electron chi connectivity index (χ4n) is 2.09. The third kappa shape index (κ3) is 9.71. The van der Waals surface area contributed by atoms with Crippen molar-refractivity contribution in [3.63, 3.8) is 0 Å². The predicted molar refractivity (Wildman–Crippen MR) is 132 cm³/mol. The lowest BCUT2D eigenvalue weighted by Gasteiger charge is -2.14. The van der Waals surface area contributed by atoms with Gasteiger partial charge in [0.05, 0.1) is 10.8 Å². The Hall–Kier alpha value is -2.79. The molecule has 2 rings (SSSR count). The molecular formula is C20H32N6O3S2. The molecule has 6 N–H and O–H groups in total. The minimum atomic E-state index is -0.547. The zero-order chi connectivity index (χ0) is 23.2. The summed E-state index contributed by atoms with van der Waals surface area (Å²) in [6.45, 7) is 6.35. The molecule has 1 atom stereocenters. The summed E-state index contributed by atoms with van der Waals surface area (Å²) in [5, 5.41) is 7.94. The number of unbranched alkanes of at least 4 members (excludes halogenated alkanes) is 1. The van der Waals surface area contributed by atoms with Crippen LogP contribution in [-0.4, -0.2) is 35.5 Å². The van der Waals surface area contributed by atoms with Gasteiger partial charge < -0.3 is 30.9 Å². The standard InChI is InChI=1S/C16H22N6O3S2.C4H10/c1-11-5-6-12(21-27(2)14-4-3-9-26-14)15(24)22(11)10-13(23)19-7-8-25-20-16(17)18;1-3-4-2/h3-6,9,21H,2,7-8,10H2,1H3,(H,19,23)(H4,17,18,20);3-4H2,1-2H3. The van der Waals surface area contributed by atoms with E-state index in [4.69, 9.17) is 16.3 Å². The molecule has 0 saturated carbocycles. The Morgan fingerprint density at radius 2 is 2.00 bits per heavy atom. The molecule has 9 nitrogen and oxygen atoms in total. The summed E-state index contributed by atoms with van der Waals surface area (Å²) in [6, 6.07) is 7.37. The lowest BCUT2D eigenvalue weighted by atomic mass is 10.3. The van der Waals surface area contributed by atoms with Gasteiger partial charge in [-0.2, -0.15) is 0 Å². The monoisotopic (exact) mass is 468 g/mol. The van der Waals surface area contributed by atoms with Gasteiger partial charge in [-0.3, -0.25) is 9.59 Å². The molecule has 0 aliphatic heterocycles. The van der Waals surface area contributed by atoms with Gasteiger partial charge in [-0.1, -0.05) is 49.3 Å². The number of thiophene rings is 1. The number of guanidine groups is 1. The second kappa shape index (κ2) is 14.3. The van der Waals surface area contributed by atoms with Crippen LogP contribution >= 0.6 is 22.0 Å². The molecule has 1 unspecified atom stereocenters. The van der Waals surface area contributed by atoms with Gasteiger partial charge in [-0.25, -0.2) is 0 Å². The summed E-state index contributed by atoms with van der Waals surface area (Å²) in [4.78, 5) is 29.6. The SMILES string of the molecule is C=S(Nc1ccc(C)n(CC(=O)NCCON=C(N)N)c1=O)c1cccs1.CCCC. The average molecular weight is 469 g/mol. The maximum absolute atomic E-state index is 12.7. The first kappa shape index (κ1) is 26.2. The van der Waals surface area contributed by atoms with Gasteiger partial charge in [-0.05, 0) is 35.7 Å². The lowest BCUT2D eigenvalue weighted by molar-refractivity contribution is -0.122. The molecule has 0 fully saturated rings. The number of oxime groups is 1. The number of nitrogens with two attached hydrogens (primary N) is 2. The Labute approximate surface area is 189 Å². The fourth-order valence-corrected chi connectivity index (χ4v) is 4.06. The molecule has 2 heterocycles. The molecule has 0 bridgehead atoms. The molecule has 0 radical (unpaired) electrons. The minimum Gasteiger partial charge on any atom is -0.391 e. The van der Waals surface area contributed by atoms with Crippen LogP contribution < -0.4 is 27.1 Å². The van der Waals surface area contributed by atoms with Gasteiger partial charge in [0, 0.05) is 5.69 Å². The van der Waals surface area contributed by atoms with Crippen molar-refractivity contribution in [2.75, 3.05) is 17.9 Å². The van der Waals surface area contributed by atoms with Gasteiger partial charge in [0.25, 0.3) is 5.56 Å². The van der Waals surface area contributed by atoms with Gasteiger partial charge >= 0.3 is 0 Å². The Bertz CT molecular complexity index is 919. The highest BCUT2D eigenvalue weighted by Crippen LogP contribution is 2.29. The second-order valence-electron chi connectivity index (χ2n) is 6.40. The van der Waals surface area contributed by atoms with E-state index in [1.54, 1.807) is 30.4 Å². The molecule has 11 heteroatoms. The van der Waals surface area contributed by atoms with E-state index in [-0.39, 0.29) is 37.1 Å². The number of anilines is 1. The van der Waals surface area contributed by atoms with E-state index in [2.05, 4.69) is 34.9 Å². The zero-order valence-electron chi connectivity index (χ0n) is 18.2. The van der Waals surface area contributed by atoms with E-state index in [1.165, 1.54) is 17.4 Å². The summed E-state index contributed by atoms with van der Waals surface area (Å²) in [5.41, 5.74) is 11.0. The van der Waals surface area contributed by atoms with E-state index in [9.17, 15) is 9.59 Å². The molecule has 0 aromatic carbocycles. The van der Waals surface area contributed by atoms with E-state index in [0.717, 1.165) is 4.21 Å². The largest absolute Gasteiger partial charge is 0.391 e. The molecular weight excluding hydrogens is 436 g/mol. The quantitative estimate of drug-likeness (QED) is 0.139. The van der Waals surface area contributed by atoms with Crippen molar-refractivity contribution in [1.29, 1.82) is 0 Å². The Morgan fingerprint density at radius 3 is 2.58 bits per heavy atom. The molecule has 0 spiro atoms. The second-order valence-corrected chi connectivity index (χ2v) is 9.04. The van der Waals surface area contributed by atoms with Crippen molar-refractivity contribution in [2.24, 2.45) is 16.6 Å². The maximum Gasteiger partial charge on any atom is 0.275 e. The van der Waals surface area contributed by atoms with Crippen LogP contribution in [0.4, 0.5) is 5.69 Å². The number of amides is 1. The molecule has 0 aliphatic rings. The van der Waals surface area contributed by atoms with Crippen molar-refractivity contribution < 1.29 is 9.63 Å². The first-order valence-electron chi connectivity index (χ1n) is 9.82. The highest BCUT2D eigenvalue weighted by Gasteiger charge is 2.11. The average Bonchev–Trinajstić information content (AvgIpc) is 3.28. The summed E-state index contributed by atoms with van der Waals surface area (Å²) in [7, 11) is -0.547. The number of nitrogens with one attached hydrogen (secondary N) is 2. The number of carbonyl (C=O) groups excluding carboxylic acids is 1. The third-order valence-electron chi connectivity index (χ3n) is 3.85. The van der Waals surface area contributed by atoms with Crippen LogP contribution in [0.15, 0.2) is 43.8 Å². The molecule has 1 amide bonds. The number of aryl methyl sites for hydroxylation is 1.